The number of amides is 1. The Balaban J connectivity index is 1.92. The van der Waals surface area contributed by atoms with Gasteiger partial charge in [-0.3, -0.25) is 19.1 Å². The van der Waals surface area contributed by atoms with Crippen LogP contribution in [0.5, 0.6) is 5.75 Å². The van der Waals surface area contributed by atoms with E-state index in [4.69, 9.17) is 10.5 Å². The maximum atomic E-state index is 13.3. The highest BCUT2D eigenvalue weighted by Crippen LogP contribution is 2.19. The minimum absolute atomic E-state index is 0.120. The van der Waals surface area contributed by atoms with Crippen molar-refractivity contribution in [1.82, 2.24) is 9.55 Å². The summed E-state index contributed by atoms with van der Waals surface area (Å²) in [5.74, 6) is -0.983. The van der Waals surface area contributed by atoms with Crippen LogP contribution in [0.4, 0.5) is 15.9 Å². The van der Waals surface area contributed by atoms with Gasteiger partial charge >= 0.3 is 5.69 Å². The number of ether oxygens (including phenoxy) is 1. The number of nitrogen functional groups attached to an aromatic ring is 1. The summed E-state index contributed by atoms with van der Waals surface area (Å²) < 4.78 is 19.9. The molecule has 0 atom stereocenters. The molecule has 162 valence electrons. The molecule has 3 aromatic rings. The lowest BCUT2D eigenvalue weighted by atomic mass is 10.2. The van der Waals surface area contributed by atoms with Crippen molar-refractivity contribution in [2.45, 2.75) is 19.9 Å². The van der Waals surface area contributed by atoms with Gasteiger partial charge in [0.25, 0.3) is 11.5 Å². The molecule has 2 aromatic carbocycles. The van der Waals surface area contributed by atoms with E-state index in [0.717, 1.165) is 11.6 Å². The van der Waals surface area contributed by atoms with Crippen molar-refractivity contribution in [2.24, 2.45) is 0 Å². The first-order valence-electron chi connectivity index (χ1n) is 9.76. The molecule has 0 saturated carbocycles. The molecule has 31 heavy (non-hydrogen) atoms. The van der Waals surface area contributed by atoms with Crippen LogP contribution in [0.15, 0.2) is 64.2 Å². The van der Waals surface area contributed by atoms with Crippen molar-refractivity contribution in [3.05, 3.63) is 86.8 Å². The highest BCUT2D eigenvalue weighted by atomic mass is 19.1. The lowest BCUT2D eigenvalue weighted by Crippen LogP contribution is -2.43. The molecular formula is C22H23FN4O4. The minimum Gasteiger partial charge on any atom is -0.484 e. The number of anilines is 2. The summed E-state index contributed by atoms with van der Waals surface area (Å²) in [4.78, 5) is 41.2. The van der Waals surface area contributed by atoms with Crippen LogP contribution in [0.1, 0.15) is 18.9 Å². The molecule has 0 unspecified atom stereocenters. The van der Waals surface area contributed by atoms with Crippen LogP contribution in [0.25, 0.3) is 0 Å². The Labute approximate surface area is 177 Å². The highest BCUT2D eigenvalue weighted by Gasteiger charge is 2.24. The summed E-state index contributed by atoms with van der Waals surface area (Å²) in [6.07, 6.45) is 0.530. The van der Waals surface area contributed by atoms with E-state index in [0.29, 0.717) is 6.42 Å². The van der Waals surface area contributed by atoms with Gasteiger partial charge in [0.05, 0.1) is 6.54 Å². The molecule has 8 nitrogen and oxygen atoms in total. The number of carbonyl (C=O) groups is 1. The Kier molecular flexibility index (Phi) is 6.86. The average molecular weight is 426 g/mol. The van der Waals surface area contributed by atoms with E-state index in [1.54, 1.807) is 0 Å². The first-order chi connectivity index (χ1) is 14.9. The molecule has 0 bridgehead atoms. The van der Waals surface area contributed by atoms with Crippen LogP contribution in [-0.2, 0) is 11.3 Å². The van der Waals surface area contributed by atoms with E-state index in [2.05, 4.69) is 4.98 Å². The van der Waals surface area contributed by atoms with Crippen molar-refractivity contribution < 1.29 is 13.9 Å². The molecule has 3 rings (SSSR count). The van der Waals surface area contributed by atoms with Gasteiger partial charge in [0, 0.05) is 12.6 Å². The minimum atomic E-state index is -0.764. The zero-order valence-corrected chi connectivity index (χ0v) is 17.0. The van der Waals surface area contributed by atoms with Gasteiger partial charge in [0.2, 0.25) is 0 Å². The SMILES string of the molecule is CCCN(C(=O)COc1cccc(F)c1)c1c(N)n(Cc2ccccc2)c(=O)[nH]c1=O. The summed E-state index contributed by atoms with van der Waals surface area (Å²) in [6, 6.07) is 14.5. The number of carbonyl (C=O) groups excluding carboxylic acids is 1. The molecule has 0 spiro atoms. The van der Waals surface area contributed by atoms with Gasteiger partial charge in [-0.1, -0.05) is 43.3 Å². The van der Waals surface area contributed by atoms with Crippen molar-refractivity contribution in [2.75, 3.05) is 23.8 Å². The number of hydrogen-bond donors (Lipinski definition) is 2. The van der Waals surface area contributed by atoms with Gasteiger partial charge in [0.15, 0.2) is 12.3 Å². The standard InChI is InChI=1S/C22H23FN4O4/c1-2-11-26(18(28)14-31-17-10-6-9-16(23)12-17)19-20(24)27(22(30)25-21(19)29)13-15-7-4-3-5-8-15/h3-10,12H,2,11,13-14,24H2,1H3,(H,25,29,30). The maximum Gasteiger partial charge on any atom is 0.330 e. The Morgan fingerprint density at radius 3 is 2.58 bits per heavy atom. The zero-order chi connectivity index (χ0) is 22.4. The first-order valence-corrected chi connectivity index (χ1v) is 9.76. The predicted octanol–water partition coefficient (Wildman–Crippen LogP) is 2.13. The lowest BCUT2D eigenvalue weighted by Gasteiger charge is -2.24. The summed E-state index contributed by atoms with van der Waals surface area (Å²) in [7, 11) is 0. The van der Waals surface area contributed by atoms with E-state index < -0.39 is 29.6 Å². The van der Waals surface area contributed by atoms with Gasteiger partial charge in [-0.15, -0.1) is 0 Å². The number of nitrogens with zero attached hydrogens (tertiary/aromatic N) is 2. The van der Waals surface area contributed by atoms with Gasteiger partial charge in [0.1, 0.15) is 17.4 Å². The number of halogens is 1. The third-order valence-electron chi connectivity index (χ3n) is 4.57. The average Bonchev–Trinajstić information content (AvgIpc) is 2.75. The fourth-order valence-corrected chi connectivity index (χ4v) is 3.13. The second-order valence-corrected chi connectivity index (χ2v) is 6.86. The van der Waals surface area contributed by atoms with Crippen LogP contribution in [0, 0.1) is 5.82 Å². The van der Waals surface area contributed by atoms with Crippen molar-refractivity contribution in [1.29, 1.82) is 0 Å². The van der Waals surface area contributed by atoms with Crippen molar-refractivity contribution in [3.63, 3.8) is 0 Å². The van der Waals surface area contributed by atoms with E-state index in [9.17, 15) is 18.8 Å². The second kappa shape index (κ2) is 9.75. The third kappa shape index (κ3) is 5.19. The molecule has 9 heteroatoms. The van der Waals surface area contributed by atoms with Crippen molar-refractivity contribution >= 4 is 17.4 Å². The molecule has 3 N–H and O–H groups in total. The van der Waals surface area contributed by atoms with Gasteiger partial charge in [-0.2, -0.15) is 0 Å². The summed E-state index contributed by atoms with van der Waals surface area (Å²) in [5, 5.41) is 0. The maximum absolute atomic E-state index is 13.3. The normalized spacial score (nSPS) is 10.6. The van der Waals surface area contributed by atoms with Crippen LogP contribution in [-0.4, -0.2) is 28.6 Å². The first kappa shape index (κ1) is 21.8. The van der Waals surface area contributed by atoms with E-state index in [1.807, 2.05) is 37.3 Å². The fourth-order valence-electron chi connectivity index (χ4n) is 3.13. The van der Waals surface area contributed by atoms with E-state index in [1.165, 1.54) is 27.7 Å². The zero-order valence-electron chi connectivity index (χ0n) is 17.0. The Morgan fingerprint density at radius 1 is 1.16 bits per heavy atom. The van der Waals surface area contributed by atoms with Gasteiger partial charge < -0.3 is 15.4 Å². The number of H-pyrrole nitrogens is 1. The molecule has 0 aliphatic heterocycles. The fraction of sp³-hybridized carbons (Fsp3) is 0.227. The van der Waals surface area contributed by atoms with Crippen LogP contribution in [0.3, 0.4) is 0 Å². The number of benzene rings is 2. The molecule has 0 radical (unpaired) electrons. The van der Waals surface area contributed by atoms with E-state index in [-0.39, 0.29) is 30.3 Å². The smallest absolute Gasteiger partial charge is 0.330 e. The quantitative estimate of drug-likeness (QED) is 0.573. The summed E-state index contributed by atoms with van der Waals surface area (Å²) in [5.41, 5.74) is 5.43. The molecule has 1 aromatic heterocycles. The summed E-state index contributed by atoms with van der Waals surface area (Å²) >= 11 is 0. The highest BCUT2D eigenvalue weighted by molar-refractivity contribution is 5.96. The van der Waals surface area contributed by atoms with Crippen molar-refractivity contribution in [3.8, 4) is 5.75 Å². The number of nitrogens with two attached hydrogens (primary N) is 1. The monoisotopic (exact) mass is 426 g/mol. The number of aromatic amines is 1. The summed E-state index contributed by atoms with van der Waals surface area (Å²) in [6.45, 7) is 1.71. The van der Waals surface area contributed by atoms with Crippen LogP contribution >= 0.6 is 0 Å². The Hall–Kier alpha value is -3.88. The second-order valence-electron chi connectivity index (χ2n) is 6.86. The van der Waals surface area contributed by atoms with Crippen LogP contribution < -0.4 is 26.6 Å². The van der Waals surface area contributed by atoms with Gasteiger partial charge in [-0.05, 0) is 24.1 Å². The third-order valence-corrected chi connectivity index (χ3v) is 4.57. The molecule has 1 heterocycles. The van der Waals surface area contributed by atoms with Crippen LogP contribution in [0.2, 0.25) is 0 Å². The lowest BCUT2D eigenvalue weighted by molar-refractivity contribution is -0.120. The molecule has 0 aliphatic carbocycles. The number of rotatable bonds is 8. The Morgan fingerprint density at radius 2 is 1.90 bits per heavy atom. The molecular weight excluding hydrogens is 403 g/mol. The van der Waals surface area contributed by atoms with Gasteiger partial charge in [-0.25, -0.2) is 9.18 Å². The largest absolute Gasteiger partial charge is 0.484 e. The molecule has 1 amide bonds. The topological polar surface area (TPSA) is 110 Å². The number of hydrogen-bond acceptors (Lipinski definition) is 5. The molecule has 0 aliphatic rings. The Bertz CT molecular complexity index is 1170. The molecule has 0 saturated heterocycles. The number of nitrogens with one attached hydrogen (secondary N) is 1. The number of aromatic nitrogens is 2. The molecule has 0 fully saturated rings. The van der Waals surface area contributed by atoms with E-state index >= 15 is 0 Å². The predicted molar refractivity (Wildman–Crippen MR) is 116 cm³/mol.